The first-order valence-corrected chi connectivity index (χ1v) is 7.28. The summed E-state index contributed by atoms with van der Waals surface area (Å²) in [5, 5.41) is 1.06. The molecule has 0 saturated heterocycles. The Kier molecular flexibility index (Phi) is 4.28. The summed E-state index contributed by atoms with van der Waals surface area (Å²) in [5.74, 6) is 2.62. The fourth-order valence-corrected chi connectivity index (χ4v) is 2.41. The number of nitrogens with zero attached hydrogens (tertiary/aromatic N) is 2. The molecule has 23 heavy (non-hydrogen) atoms. The SMILES string of the molecule is COc1ccc(OCc2nc(C)c3ccccc3n2)cc1OC. The molecule has 0 spiro atoms. The van der Waals surface area contributed by atoms with Crippen LogP contribution in [0.1, 0.15) is 11.5 Å². The van der Waals surface area contributed by atoms with E-state index in [0.717, 1.165) is 16.6 Å². The summed E-state index contributed by atoms with van der Waals surface area (Å²) in [6, 6.07) is 13.4. The van der Waals surface area contributed by atoms with Gasteiger partial charge in [-0.25, -0.2) is 9.97 Å². The van der Waals surface area contributed by atoms with Crippen LogP contribution in [0.25, 0.3) is 10.9 Å². The van der Waals surface area contributed by atoms with Crippen LogP contribution in [0.2, 0.25) is 0 Å². The molecule has 0 N–H and O–H groups in total. The summed E-state index contributed by atoms with van der Waals surface area (Å²) >= 11 is 0. The van der Waals surface area contributed by atoms with Crippen molar-refractivity contribution in [3.05, 3.63) is 54.0 Å². The molecule has 1 aromatic heterocycles. The molecule has 118 valence electrons. The minimum atomic E-state index is 0.293. The Bertz CT molecular complexity index is 834. The van der Waals surface area contributed by atoms with E-state index < -0.39 is 0 Å². The van der Waals surface area contributed by atoms with Gasteiger partial charge in [-0.1, -0.05) is 18.2 Å². The van der Waals surface area contributed by atoms with E-state index in [9.17, 15) is 0 Å². The quantitative estimate of drug-likeness (QED) is 0.721. The molecule has 0 fully saturated rings. The number of fused-ring (bicyclic) bond motifs is 1. The molecule has 0 amide bonds. The van der Waals surface area contributed by atoms with Crippen molar-refractivity contribution >= 4 is 10.9 Å². The fourth-order valence-electron chi connectivity index (χ4n) is 2.41. The fraction of sp³-hybridized carbons (Fsp3) is 0.222. The normalized spacial score (nSPS) is 10.6. The van der Waals surface area contributed by atoms with Crippen molar-refractivity contribution in [3.63, 3.8) is 0 Å². The summed E-state index contributed by atoms with van der Waals surface area (Å²) in [6.45, 7) is 2.27. The molecule has 0 aliphatic rings. The first kappa shape index (κ1) is 15.1. The minimum absolute atomic E-state index is 0.293. The Labute approximate surface area is 134 Å². The van der Waals surface area contributed by atoms with Crippen LogP contribution < -0.4 is 14.2 Å². The number of hydrogen-bond acceptors (Lipinski definition) is 5. The summed E-state index contributed by atoms with van der Waals surface area (Å²) < 4.78 is 16.3. The van der Waals surface area contributed by atoms with Crippen molar-refractivity contribution in [1.29, 1.82) is 0 Å². The maximum Gasteiger partial charge on any atom is 0.166 e. The number of benzene rings is 2. The molecule has 0 atom stereocenters. The monoisotopic (exact) mass is 310 g/mol. The highest BCUT2D eigenvalue weighted by atomic mass is 16.5. The second kappa shape index (κ2) is 6.52. The summed E-state index contributed by atoms with van der Waals surface area (Å²) in [5.41, 5.74) is 1.87. The van der Waals surface area contributed by atoms with Gasteiger partial charge in [0.1, 0.15) is 12.4 Å². The zero-order valence-electron chi connectivity index (χ0n) is 13.4. The third-order valence-corrected chi connectivity index (χ3v) is 3.56. The van der Waals surface area contributed by atoms with Gasteiger partial charge in [0, 0.05) is 17.1 Å². The summed E-state index contributed by atoms with van der Waals surface area (Å²) in [6.07, 6.45) is 0. The standard InChI is InChI=1S/C18H18N2O3/c1-12-14-6-4-5-7-15(14)20-18(19-12)11-23-13-8-9-16(21-2)17(10-13)22-3/h4-10H,11H2,1-3H3. The van der Waals surface area contributed by atoms with Crippen LogP contribution in [-0.4, -0.2) is 24.2 Å². The number of methoxy groups -OCH3 is 2. The molecule has 3 rings (SSSR count). The van der Waals surface area contributed by atoms with E-state index in [1.54, 1.807) is 26.4 Å². The van der Waals surface area contributed by atoms with Crippen molar-refractivity contribution in [2.75, 3.05) is 14.2 Å². The molecule has 0 unspecified atom stereocenters. The van der Waals surface area contributed by atoms with Gasteiger partial charge in [-0.2, -0.15) is 0 Å². The Morgan fingerprint density at radius 1 is 0.913 bits per heavy atom. The van der Waals surface area contributed by atoms with Crippen LogP contribution in [-0.2, 0) is 6.61 Å². The lowest BCUT2D eigenvalue weighted by molar-refractivity contribution is 0.291. The van der Waals surface area contributed by atoms with Crippen LogP contribution in [0, 0.1) is 6.92 Å². The average Bonchev–Trinajstić information content (AvgIpc) is 2.59. The predicted molar refractivity (Wildman–Crippen MR) is 88.2 cm³/mol. The molecule has 3 aromatic rings. The lowest BCUT2D eigenvalue weighted by atomic mass is 10.2. The summed E-state index contributed by atoms with van der Waals surface area (Å²) in [4.78, 5) is 9.04. The highest BCUT2D eigenvalue weighted by Gasteiger charge is 2.08. The van der Waals surface area contributed by atoms with Gasteiger partial charge in [-0.05, 0) is 25.1 Å². The molecule has 0 bridgehead atoms. The van der Waals surface area contributed by atoms with Crippen molar-refractivity contribution in [1.82, 2.24) is 9.97 Å². The maximum absolute atomic E-state index is 5.78. The van der Waals surface area contributed by atoms with E-state index in [1.807, 2.05) is 37.3 Å². The molecule has 0 saturated carbocycles. The lowest BCUT2D eigenvalue weighted by Gasteiger charge is -2.11. The number of aryl methyl sites for hydroxylation is 1. The molecule has 2 aromatic carbocycles. The van der Waals surface area contributed by atoms with Crippen LogP contribution in [0.4, 0.5) is 0 Å². The Morgan fingerprint density at radius 2 is 1.70 bits per heavy atom. The van der Waals surface area contributed by atoms with Gasteiger partial charge in [0.2, 0.25) is 0 Å². The van der Waals surface area contributed by atoms with Crippen LogP contribution in [0.5, 0.6) is 17.2 Å². The van der Waals surface area contributed by atoms with Gasteiger partial charge in [-0.3, -0.25) is 0 Å². The van der Waals surface area contributed by atoms with E-state index >= 15 is 0 Å². The third kappa shape index (κ3) is 3.18. The van der Waals surface area contributed by atoms with Crippen molar-refractivity contribution < 1.29 is 14.2 Å². The molecule has 1 heterocycles. The second-order valence-corrected chi connectivity index (χ2v) is 5.05. The second-order valence-electron chi connectivity index (χ2n) is 5.05. The van der Waals surface area contributed by atoms with Crippen molar-refractivity contribution in [3.8, 4) is 17.2 Å². The molecular formula is C18H18N2O3. The van der Waals surface area contributed by atoms with Crippen LogP contribution >= 0.6 is 0 Å². The minimum Gasteiger partial charge on any atom is -0.493 e. The van der Waals surface area contributed by atoms with E-state index in [0.29, 0.717) is 29.7 Å². The molecule has 0 aliphatic carbocycles. The molecule has 0 aliphatic heterocycles. The first-order valence-electron chi connectivity index (χ1n) is 7.28. The number of ether oxygens (including phenoxy) is 3. The Balaban J connectivity index is 1.80. The van der Waals surface area contributed by atoms with Crippen molar-refractivity contribution in [2.45, 2.75) is 13.5 Å². The van der Waals surface area contributed by atoms with Crippen LogP contribution in [0.3, 0.4) is 0 Å². The highest BCUT2D eigenvalue weighted by Crippen LogP contribution is 2.31. The number of hydrogen-bond donors (Lipinski definition) is 0. The van der Waals surface area contributed by atoms with Crippen molar-refractivity contribution in [2.24, 2.45) is 0 Å². The highest BCUT2D eigenvalue weighted by molar-refractivity contribution is 5.80. The zero-order chi connectivity index (χ0) is 16.2. The Morgan fingerprint density at radius 3 is 2.48 bits per heavy atom. The number of aromatic nitrogens is 2. The van der Waals surface area contributed by atoms with Gasteiger partial charge in [0.25, 0.3) is 0 Å². The third-order valence-electron chi connectivity index (χ3n) is 3.56. The molecule has 5 heteroatoms. The Hall–Kier alpha value is -2.82. The topological polar surface area (TPSA) is 53.5 Å². The van der Waals surface area contributed by atoms with Gasteiger partial charge in [0.15, 0.2) is 17.3 Å². The van der Waals surface area contributed by atoms with E-state index in [-0.39, 0.29) is 0 Å². The number of para-hydroxylation sites is 1. The van der Waals surface area contributed by atoms with Crippen LogP contribution in [0.15, 0.2) is 42.5 Å². The smallest absolute Gasteiger partial charge is 0.166 e. The van der Waals surface area contributed by atoms with E-state index in [4.69, 9.17) is 14.2 Å². The van der Waals surface area contributed by atoms with Gasteiger partial charge >= 0.3 is 0 Å². The predicted octanol–water partition coefficient (Wildman–Crippen LogP) is 3.53. The van der Waals surface area contributed by atoms with E-state index in [2.05, 4.69) is 9.97 Å². The lowest BCUT2D eigenvalue weighted by Crippen LogP contribution is -2.03. The number of rotatable bonds is 5. The molecule has 5 nitrogen and oxygen atoms in total. The van der Waals surface area contributed by atoms with E-state index in [1.165, 1.54) is 0 Å². The maximum atomic E-state index is 5.78. The van der Waals surface area contributed by atoms with Gasteiger partial charge < -0.3 is 14.2 Å². The largest absolute Gasteiger partial charge is 0.493 e. The first-order chi connectivity index (χ1) is 11.2. The van der Waals surface area contributed by atoms with Gasteiger partial charge in [-0.15, -0.1) is 0 Å². The average molecular weight is 310 g/mol. The molecular weight excluding hydrogens is 292 g/mol. The molecule has 0 radical (unpaired) electrons. The zero-order valence-corrected chi connectivity index (χ0v) is 13.4. The summed E-state index contributed by atoms with van der Waals surface area (Å²) in [7, 11) is 3.20. The van der Waals surface area contributed by atoms with Gasteiger partial charge in [0.05, 0.1) is 19.7 Å².